The highest BCUT2D eigenvalue weighted by atomic mass is 79.9. The fourth-order valence-electron chi connectivity index (χ4n) is 1.39. The molecule has 0 aromatic carbocycles. The monoisotopic (exact) mass is 319 g/mol. The number of halogens is 2. The van der Waals surface area contributed by atoms with Crippen LogP contribution in [0.25, 0.3) is 0 Å². The minimum atomic E-state index is -0.970. The number of carboxylic acid groups (broad SMARTS) is 1. The van der Waals surface area contributed by atoms with Crippen LogP contribution in [0.3, 0.4) is 0 Å². The Morgan fingerprint density at radius 2 is 2.31 bits per heavy atom. The summed E-state index contributed by atoms with van der Waals surface area (Å²) in [5, 5.41) is 9.41. The zero-order valence-electron chi connectivity index (χ0n) is 7.98. The van der Waals surface area contributed by atoms with E-state index in [1.54, 1.807) is 22.1 Å². The lowest BCUT2D eigenvalue weighted by molar-refractivity contribution is 0.0686. The summed E-state index contributed by atoms with van der Waals surface area (Å²) in [5.41, 5.74) is 0.203. The van der Waals surface area contributed by atoms with Gasteiger partial charge in [0, 0.05) is 11.1 Å². The van der Waals surface area contributed by atoms with Gasteiger partial charge in [0.2, 0.25) is 0 Å². The van der Waals surface area contributed by atoms with E-state index in [0.717, 1.165) is 8.66 Å². The predicted molar refractivity (Wildman–Crippen MR) is 67.5 cm³/mol. The van der Waals surface area contributed by atoms with E-state index in [9.17, 15) is 4.79 Å². The van der Waals surface area contributed by atoms with Gasteiger partial charge in [-0.3, -0.25) is 0 Å². The van der Waals surface area contributed by atoms with E-state index >= 15 is 0 Å². The molecule has 0 unspecified atom stereocenters. The first-order valence-corrected chi connectivity index (χ1v) is 6.38. The second-order valence-electron chi connectivity index (χ2n) is 3.18. The average molecular weight is 321 g/mol. The van der Waals surface area contributed by atoms with Crippen molar-refractivity contribution in [1.29, 1.82) is 0 Å². The highest BCUT2D eigenvalue weighted by Crippen LogP contribution is 2.24. The molecule has 0 saturated heterocycles. The Morgan fingerprint density at radius 1 is 1.56 bits per heavy atom. The van der Waals surface area contributed by atoms with Gasteiger partial charge in [0.05, 0.1) is 15.4 Å². The third kappa shape index (κ3) is 2.48. The zero-order chi connectivity index (χ0) is 11.7. The van der Waals surface area contributed by atoms with Crippen molar-refractivity contribution in [3.63, 3.8) is 0 Å². The number of hydrogen-bond donors (Lipinski definition) is 1. The average Bonchev–Trinajstić information content (AvgIpc) is 2.74. The van der Waals surface area contributed by atoms with Crippen LogP contribution in [-0.4, -0.2) is 15.6 Å². The van der Waals surface area contributed by atoms with Crippen LogP contribution in [0.15, 0.2) is 28.2 Å². The van der Waals surface area contributed by atoms with Crippen LogP contribution in [0.4, 0.5) is 0 Å². The van der Waals surface area contributed by atoms with Crippen LogP contribution in [0.5, 0.6) is 0 Å². The highest BCUT2D eigenvalue weighted by molar-refractivity contribution is 9.11. The van der Waals surface area contributed by atoms with Crippen LogP contribution >= 0.6 is 38.9 Å². The molecule has 0 amide bonds. The van der Waals surface area contributed by atoms with Gasteiger partial charge in [-0.15, -0.1) is 11.3 Å². The van der Waals surface area contributed by atoms with Crippen LogP contribution in [-0.2, 0) is 6.54 Å². The summed E-state index contributed by atoms with van der Waals surface area (Å²) < 4.78 is 2.65. The minimum Gasteiger partial charge on any atom is -0.477 e. The van der Waals surface area contributed by atoms with Gasteiger partial charge in [-0.2, -0.15) is 0 Å². The number of carboxylic acids is 1. The van der Waals surface area contributed by atoms with Gasteiger partial charge in [-0.25, -0.2) is 4.79 Å². The normalized spacial score (nSPS) is 10.6. The Bertz CT molecular complexity index is 535. The number of aromatic carboxylic acids is 1. The van der Waals surface area contributed by atoms with E-state index in [-0.39, 0.29) is 5.69 Å². The van der Waals surface area contributed by atoms with Crippen molar-refractivity contribution in [2.75, 3.05) is 0 Å². The molecule has 6 heteroatoms. The Kier molecular flexibility index (Phi) is 3.37. The largest absolute Gasteiger partial charge is 0.477 e. The number of aromatic nitrogens is 1. The van der Waals surface area contributed by atoms with Crippen LogP contribution < -0.4 is 0 Å². The summed E-state index contributed by atoms with van der Waals surface area (Å²) in [6, 6.07) is 5.34. The molecule has 1 N–H and O–H groups in total. The van der Waals surface area contributed by atoms with E-state index in [4.69, 9.17) is 16.7 Å². The lowest BCUT2D eigenvalue weighted by Crippen LogP contribution is -2.07. The molecule has 0 radical (unpaired) electrons. The molecule has 0 aliphatic rings. The van der Waals surface area contributed by atoms with Gasteiger partial charge in [0.1, 0.15) is 5.69 Å². The van der Waals surface area contributed by atoms with E-state index in [1.807, 2.05) is 12.1 Å². The van der Waals surface area contributed by atoms with Crippen LogP contribution in [0, 0.1) is 0 Å². The van der Waals surface area contributed by atoms with Crippen LogP contribution in [0.1, 0.15) is 15.4 Å². The maximum absolute atomic E-state index is 10.9. The molecule has 84 valence electrons. The maximum Gasteiger partial charge on any atom is 0.352 e. The Morgan fingerprint density at radius 3 is 2.88 bits per heavy atom. The Labute approximate surface area is 109 Å². The molecule has 3 nitrogen and oxygen atoms in total. The second kappa shape index (κ2) is 4.61. The number of hydrogen-bond acceptors (Lipinski definition) is 2. The summed E-state index contributed by atoms with van der Waals surface area (Å²) in [6.45, 7) is 0.518. The van der Waals surface area contributed by atoms with Gasteiger partial charge < -0.3 is 9.67 Å². The molecule has 0 aliphatic heterocycles. The topological polar surface area (TPSA) is 42.2 Å². The third-order valence-electron chi connectivity index (χ3n) is 2.04. The van der Waals surface area contributed by atoms with Gasteiger partial charge in [-0.1, -0.05) is 11.6 Å². The third-order valence-corrected chi connectivity index (χ3v) is 3.85. The van der Waals surface area contributed by atoms with Crippen molar-refractivity contribution in [1.82, 2.24) is 4.57 Å². The molecular formula is C10H7BrClNO2S. The van der Waals surface area contributed by atoms with E-state index in [1.165, 1.54) is 6.07 Å². The van der Waals surface area contributed by atoms with E-state index in [0.29, 0.717) is 11.6 Å². The first kappa shape index (κ1) is 11.7. The molecule has 0 fully saturated rings. The molecule has 16 heavy (non-hydrogen) atoms. The molecule has 0 atom stereocenters. The summed E-state index contributed by atoms with van der Waals surface area (Å²) in [7, 11) is 0. The molecule has 2 rings (SSSR count). The fraction of sp³-hybridized carbons (Fsp3) is 0.100. The summed E-state index contributed by atoms with van der Waals surface area (Å²) in [4.78, 5) is 12.0. The number of carbonyl (C=O) groups is 1. The van der Waals surface area contributed by atoms with Gasteiger partial charge >= 0.3 is 5.97 Å². The van der Waals surface area contributed by atoms with Crippen molar-refractivity contribution in [2.24, 2.45) is 0 Å². The quantitative estimate of drug-likeness (QED) is 0.936. The molecular weight excluding hydrogens is 314 g/mol. The van der Waals surface area contributed by atoms with Gasteiger partial charge in [0.25, 0.3) is 0 Å². The number of nitrogens with zero attached hydrogens (tertiary/aromatic N) is 1. The van der Waals surface area contributed by atoms with E-state index < -0.39 is 5.97 Å². The molecule has 0 aliphatic carbocycles. The molecule has 0 saturated carbocycles. The smallest absolute Gasteiger partial charge is 0.352 e. The van der Waals surface area contributed by atoms with Crippen LogP contribution in [0.2, 0.25) is 5.02 Å². The molecule has 2 aromatic rings. The molecule has 0 spiro atoms. The maximum atomic E-state index is 10.9. The van der Waals surface area contributed by atoms with Gasteiger partial charge in [-0.05, 0) is 34.1 Å². The fourth-order valence-corrected chi connectivity index (χ4v) is 3.09. The number of rotatable bonds is 3. The summed E-state index contributed by atoms with van der Waals surface area (Å²) in [6.07, 6.45) is 1.62. The Balaban J connectivity index is 2.30. The molecule has 2 aromatic heterocycles. The first-order valence-electron chi connectivity index (χ1n) is 4.39. The highest BCUT2D eigenvalue weighted by Gasteiger charge is 2.12. The van der Waals surface area contributed by atoms with Crippen molar-refractivity contribution in [3.05, 3.63) is 43.8 Å². The van der Waals surface area contributed by atoms with Crippen molar-refractivity contribution < 1.29 is 9.90 Å². The SMILES string of the molecule is O=C(O)c1cc(Cl)cn1Cc1ccc(Br)s1. The van der Waals surface area contributed by atoms with Gasteiger partial charge in [0.15, 0.2) is 0 Å². The second-order valence-corrected chi connectivity index (χ2v) is 6.17. The summed E-state index contributed by atoms with van der Waals surface area (Å²) in [5.74, 6) is -0.970. The lowest BCUT2D eigenvalue weighted by atomic mass is 10.4. The number of thiophene rings is 1. The Hall–Kier alpha value is -0.780. The lowest BCUT2D eigenvalue weighted by Gasteiger charge is -2.03. The summed E-state index contributed by atoms with van der Waals surface area (Å²) >= 11 is 10.7. The van der Waals surface area contributed by atoms with Crippen molar-refractivity contribution in [2.45, 2.75) is 6.54 Å². The zero-order valence-corrected chi connectivity index (χ0v) is 11.1. The van der Waals surface area contributed by atoms with E-state index in [2.05, 4.69) is 15.9 Å². The standard InChI is InChI=1S/C10H7BrClNO2S/c11-9-2-1-7(16-9)5-13-4-6(12)3-8(13)10(14)15/h1-4H,5H2,(H,14,15). The van der Waals surface area contributed by atoms with Crippen molar-refractivity contribution >= 4 is 44.8 Å². The van der Waals surface area contributed by atoms with Crippen molar-refractivity contribution in [3.8, 4) is 0 Å². The molecule has 2 heterocycles. The predicted octanol–water partition coefficient (Wildman–Crippen LogP) is 3.71. The minimum absolute atomic E-state index is 0.203. The first-order chi connectivity index (χ1) is 7.56. The molecule has 0 bridgehead atoms.